The van der Waals surface area contributed by atoms with E-state index in [1.54, 1.807) is 0 Å². The fourth-order valence-corrected chi connectivity index (χ4v) is 3.44. The Bertz CT molecular complexity index is 676. The maximum atomic E-state index is 12.3. The lowest BCUT2D eigenvalue weighted by Crippen LogP contribution is -2.53. The second-order valence-electron chi connectivity index (χ2n) is 5.05. The highest BCUT2D eigenvalue weighted by Crippen LogP contribution is 2.27. The largest absolute Gasteiger partial charge is 0.375 e. The van der Waals surface area contributed by atoms with Crippen LogP contribution in [0.15, 0.2) is 34.1 Å². The average molecular weight is 382 g/mol. The quantitative estimate of drug-likeness (QED) is 0.857. The van der Waals surface area contributed by atoms with Gasteiger partial charge in [-0.15, -0.1) is 11.3 Å². The molecule has 3 rings (SSSR count). The van der Waals surface area contributed by atoms with Crippen molar-refractivity contribution in [2.45, 2.75) is 19.1 Å². The topological polar surface area (TPSA) is 63.2 Å². The first-order valence-corrected chi connectivity index (χ1v) is 8.68. The summed E-state index contributed by atoms with van der Waals surface area (Å²) in [6.07, 6.45) is -0.140. The van der Waals surface area contributed by atoms with E-state index in [0.717, 1.165) is 15.7 Å². The summed E-state index contributed by atoms with van der Waals surface area (Å²) in [4.78, 5) is 16.8. The molecule has 0 spiro atoms. The fraction of sp³-hybridized carbons (Fsp3) is 0.333. The molecule has 7 heteroatoms. The first-order chi connectivity index (χ1) is 10.6. The van der Waals surface area contributed by atoms with Gasteiger partial charge in [-0.2, -0.15) is 0 Å². The number of amides is 1. The molecule has 1 aliphatic rings. The molecular weight excluding hydrogens is 366 g/mol. The number of halogens is 1. The summed E-state index contributed by atoms with van der Waals surface area (Å²) in [5.41, 5.74) is 1.86. The van der Waals surface area contributed by atoms with Crippen molar-refractivity contribution in [2.75, 3.05) is 18.5 Å². The predicted octanol–water partition coefficient (Wildman–Crippen LogP) is 2.89. The van der Waals surface area contributed by atoms with Crippen LogP contribution in [0.5, 0.6) is 0 Å². The minimum atomic E-state index is -0.341. The molecule has 116 valence electrons. The lowest BCUT2D eigenvalue weighted by molar-refractivity contribution is -0.123. The molecule has 0 saturated carbocycles. The van der Waals surface area contributed by atoms with Crippen LogP contribution in [0.25, 0.3) is 11.3 Å². The summed E-state index contributed by atoms with van der Waals surface area (Å²) in [6.45, 7) is 3.21. The van der Waals surface area contributed by atoms with Gasteiger partial charge in [0.25, 0.3) is 0 Å². The number of hydrogen-bond donors (Lipinski definition) is 2. The van der Waals surface area contributed by atoms with E-state index in [2.05, 4.69) is 31.5 Å². The Labute approximate surface area is 141 Å². The van der Waals surface area contributed by atoms with Crippen LogP contribution in [-0.2, 0) is 9.53 Å². The van der Waals surface area contributed by atoms with Crippen molar-refractivity contribution in [1.82, 2.24) is 10.3 Å². The van der Waals surface area contributed by atoms with E-state index in [1.165, 1.54) is 11.3 Å². The third-order valence-electron chi connectivity index (χ3n) is 3.45. The highest BCUT2D eigenvalue weighted by Gasteiger charge is 2.28. The fourth-order valence-electron chi connectivity index (χ4n) is 2.32. The molecule has 22 heavy (non-hydrogen) atoms. The van der Waals surface area contributed by atoms with Crippen molar-refractivity contribution in [3.05, 3.63) is 34.1 Å². The van der Waals surface area contributed by atoms with Gasteiger partial charge in [0, 0.05) is 22.0 Å². The Morgan fingerprint density at radius 3 is 3.18 bits per heavy atom. The van der Waals surface area contributed by atoms with Gasteiger partial charge in [-0.25, -0.2) is 4.98 Å². The van der Waals surface area contributed by atoms with Gasteiger partial charge in [0.2, 0.25) is 5.91 Å². The molecule has 2 heterocycles. The number of rotatable bonds is 3. The molecule has 2 N–H and O–H groups in total. The van der Waals surface area contributed by atoms with Crippen LogP contribution in [0.1, 0.15) is 6.92 Å². The van der Waals surface area contributed by atoms with Crippen LogP contribution in [0.2, 0.25) is 0 Å². The number of anilines is 1. The number of thiazole rings is 1. The molecule has 1 aliphatic heterocycles. The van der Waals surface area contributed by atoms with Gasteiger partial charge in [0.05, 0.1) is 18.4 Å². The molecule has 0 aliphatic carbocycles. The van der Waals surface area contributed by atoms with E-state index in [9.17, 15) is 4.79 Å². The third kappa shape index (κ3) is 3.55. The first-order valence-electron chi connectivity index (χ1n) is 7.01. The molecular formula is C15H16BrN3O2S. The van der Waals surface area contributed by atoms with Gasteiger partial charge in [0.15, 0.2) is 5.13 Å². The van der Waals surface area contributed by atoms with Gasteiger partial charge in [0.1, 0.15) is 6.04 Å². The second kappa shape index (κ2) is 6.87. The van der Waals surface area contributed by atoms with E-state index in [0.29, 0.717) is 18.3 Å². The zero-order chi connectivity index (χ0) is 15.5. The number of aromatic nitrogens is 1. The summed E-state index contributed by atoms with van der Waals surface area (Å²) in [5.74, 6) is -0.109. The van der Waals surface area contributed by atoms with Gasteiger partial charge < -0.3 is 15.4 Å². The molecule has 1 saturated heterocycles. The molecule has 5 nitrogen and oxygen atoms in total. The number of carbonyl (C=O) groups is 1. The van der Waals surface area contributed by atoms with E-state index in [1.807, 2.05) is 36.6 Å². The van der Waals surface area contributed by atoms with Gasteiger partial charge in [-0.1, -0.05) is 28.1 Å². The van der Waals surface area contributed by atoms with E-state index in [4.69, 9.17) is 4.74 Å². The summed E-state index contributed by atoms with van der Waals surface area (Å²) >= 11 is 4.87. The minimum absolute atomic E-state index is 0.109. The molecule has 0 unspecified atom stereocenters. The Morgan fingerprint density at radius 2 is 2.41 bits per heavy atom. The van der Waals surface area contributed by atoms with Crippen LogP contribution in [-0.4, -0.2) is 36.2 Å². The van der Waals surface area contributed by atoms with Crippen molar-refractivity contribution in [3.8, 4) is 11.3 Å². The first kappa shape index (κ1) is 15.6. The Kier molecular flexibility index (Phi) is 4.87. The lowest BCUT2D eigenvalue weighted by Gasteiger charge is -2.28. The number of nitrogens with zero attached hydrogens (tertiary/aromatic N) is 1. The molecule has 0 bridgehead atoms. The average Bonchev–Trinajstić information content (AvgIpc) is 2.96. The summed E-state index contributed by atoms with van der Waals surface area (Å²) < 4.78 is 6.49. The molecule has 2 atom stereocenters. The Balaban J connectivity index is 1.70. The van der Waals surface area contributed by atoms with Crippen molar-refractivity contribution in [3.63, 3.8) is 0 Å². The Morgan fingerprint density at radius 1 is 1.55 bits per heavy atom. The van der Waals surface area contributed by atoms with Gasteiger partial charge in [-0.3, -0.25) is 4.79 Å². The zero-order valence-electron chi connectivity index (χ0n) is 12.0. The van der Waals surface area contributed by atoms with Crippen LogP contribution in [0.4, 0.5) is 5.13 Å². The number of morpholine rings is 1. The second-order valence-corrected chi connectivity index (χ2v) is 6.82. The van der Waals surface area contributed by atoms with Crippen LogP contribution < -0.4 is 10.6 Å². The van der Waals surface area contributed by atoms with Crippen molar-refractivity contribution >= 4 is 38.3 Å². The standard InChI is InChI=1S/C15H16BrN3O2S/c1-9-13(17-5-6-21-9)14(20)19-15-18-12(8-22-15)10-3-2-4-11(16)7-10/h2-4,7-9,13,17H,5-6H2,1H3,(H,18,19,20)/t9-,13+/m1/s1. The molecule has 0 radical (unpaired) electrons. The third-order valence-corrected chi connectivity index (χ3v) is 4.70. The van der Waals surface area contributed by atoms with E-state index in [-0.39, 0.29) is 18.1 Å². The van der Waals surface area contributed by atoms with Gasteiger partial charge in [-0.05, 0) is 19.1 Å². The van der Waals surface area contributed by atoms with Gasteiger partial charge >= 0.3 is 0 Å². The molecule has 1 aromatic carbocycles. The number of carbonyl (C=O) groups excluding carboxylic acids is 1. The van der Waals surface area contributed by atoms with E-state index < -0.39 is 0 Å². The number of nitrogens with one attached hydrogen (secondary N) is 2. The number of benzene rings is 1. The number of ether oxygens (including phenoxy) is 1. The molecule has 1 amide bonds. The molecule has 1 fully saturated rings. The lowest BCUT2D eigenvalue weighted by atomic mass is 10.1. The maximum absolute atomic E-state index is 12.3. The van der Waals surface area contributed by atoms with Crippen molar-refractivity contribution < 1.29 is 9.53 Å². The minimum Gasteiger partial charge on any atom is -0.375 e. The summed E-state index contributed by atoms with van der Waals surface area (Å²) in [5, 5.41) is 8.56. The van der Waals surface area contributed by atoms with E-state index >= 15 is 0 Å². The van der Waals surface area contributed by atoms with Crippen molar-refractivity contribution in [1.29, 1.82) is 0 Å². The molecule has 2 aromatic rings. The smallest absolute Gasteiger partial charge is 0.245 e. The normalized spacial score (nSPS) is 21.5. The SMILES string of the molecule is C[C@H]1OCCN[C@@H]1C(=O)Nc1nc(-c2cccc(Br)c2)cs1. The monoisotopic (exact) mass is 381 g/mol. The maximum Gasteiger partial charge on any atom is 0.245 e. The predicted molar refractivity (Wildman–Crippen MR) is 91.1 cm³/mol. The summed E-state index contributed by atoms with van der Waals surface area (Å²) in [7, 11) is 0. The van der Waals surface area contributed by atoms with Crippen LogP contribution >= 0.6 is 27.3 Å². The highest BCUT2D eigenvalue weighted by molar-refractivity contribution is 9.10. The van der Waals surface area contributed by atoms with Crippen LogP contribution in [0, 0.1) is 0 Å². The molecule has 1 aromatic heterocycles. The Hall–Kier alpha value is -1.28. The zero-order valence-corrected chi connectivity index (χ0v) is 14.4. The number of hydrogen-bond acceptors (Lipinski definition) is 5. The van der Waals surface area contributed by atoms with Crippen LogP contribution in [0.3, 0.4) is 0 Å². The van der Waals surface area contributed by atoms with Crippen molar-refractivity contribution in [2.24, 2.45) is 0 Å². The summed E-state index contributed by atoms with van der Waals surface area (Å²) in [6, 6.07) is 7.58. The highest BCUT2D eigenvalue weighted by atomic mass is 79.9.